The summed E-state index contributed by atoms with van der Waals surface area (Å²) < 4.78 is 68.0. The van der Waals surface area contributed by atoms with Crippen molar-refractivity contribution in [2.75, 3.05) is 35.8 Å². The fraction of sp³-hybridized carbons (Fsp3) is 0.429. The largest absolute Gasteiger partial charge is 0.463 e. The number of nitrogens with zero attached hydrogens (tertiary/aromatic N) is 4. The number of carbonyl (C=O) groups is 2. The highest BCUT2D eigenvalue weighted by Crippen LogP contribution is 2.32. The maximum atomic E-state index is 14.0. The molecule has 1 fully saturated rings. The van der Waals surface area contributed by atoms with Crippen LogP contribution in [0.5, 0.6) is 0 Å². The minimum atomic E-state index is -3.87. The van der Waals surface area contributed by atoms with Gasteiger partial charge in [0.15, 0.2) is 0 Å². The molecule has 0 spiro atoms. The van der Waals surface area contributed by atoms with Crippen LogP contribution in [0.1, 0.15) is 35.3 Å². The Morgan fingerprint density at radius 3 is 2.47 bits per heavy atom. The monoisotopic (exact) mass is 545 g/mol. The number of rotatable bonds is 5. The summed E-state index contributed by atoms with van der Waals surface area (Å²) in [4.78, 5) is 33.7. The topological polar surface area (TPSA) is 159 Å². The molecule has 1 aliphatic rings. The van der Waals surface area contributed by atoms with Crippen molar-refractivity contribution in [1.82, 2.24) is 9.97 Å². The molecular weight excluding hydrogens is 520 g/mol. The summed E-state index contributed by atoms with van der Waals surface area (Å²) in [5.74, 6) is -3.74. The maximum Gasteiger partial charge on any atom is 0.439 e. The average molecular weight is 546 g/mol. The number of benzene rings is 1. The quantitative estimate of drug-likeness (QED) is 0.538. The number of amides is 2. The van der Waals surface area contributed by atoms with Crippen molar-refractivity contribution in [3.8, 4) is 0 Å². The van der Waals surface area contributed by atoms with Gasteiger partial charge in [-0.3, -0.25) is 4.79 Å². The lowest BCUT2D eigenvalue weighted by Crippen LogP contribution is -2.31. The average Bonchev–Trinajstić information content (AvgIpc) is 2.92. The van der Waals surface area contributed by atoms with Gasteiger partial charge in [-0.1, -0.05) is 6.07 Å². The van der Waals surface area contributed by atoms with Gasteiger partial charge < -0.3 is 15.3 Å². The van der Waals surface area contributed by atoms with Crippen LogP contribution >= 0.6 is 0 Å². The lowest BCUT2D eigenvalue weighted by molar-refractivity contribution is -0.0102. The third kappa shape index (κ3) is 6.51. The molecule has 3 rings (SSSR count). The second kappa shape index (κ2) is 10.0. The first-order chi connectivity index (χ1) is 16.6. The van der Waals surface area contributed by atoms with Gasteiger partial charge in [0.1, 0.15) is 11.4 Å². The standard InChI is InChI=1S/C21H25F2N5O6S2/c1-13-16(18(29)25-14-6-4-7-15(12-14)35(2,32)27-20(30)31)17(26-19(24-13)36(3,33)34)28-10-5-8-21(22,23)9-11-28/h4,6-7,12H,5,8-11H2,1-3H3,(H,25,29)(H,30,31). The molecule has 2 heterocycles. The van der Waals surface area contributed by atoms with Crippen LogP contribution in [-0.2, 0) is 19.6 Å². The highest BCUT2D eigenvalue weighted by molar-refractivity contribution is 7.93. The van der Waals surface area contributed by atoms with Gasteiger partial charge in [0.25, 0.3) is 5.91 Å². The van der Waals surface area contributed by atoms with Gasteiger partial charge in [-0.2, -0.15) is 0 Å². The zero-order chi connectivity index (χ0) is 26.9. The Balaban J connectivity index is 2.05. The van der Waals surface area contributed by atoms with E-state index in [1.54, 1.807) is 0 Å². The number of sulfone groups is 1. The van der Waals surface area contributed by atoms with E-state index in [1.807, 2.05) is 0 Å². The van der Waals surface area contributed by atoms with Crippen LogP contribution in [0.15, 0.2) is 38.7 Å². The van der Waals surface area contributed by atoms with Gasteiger partial charge in [-0.25, -0.2) is 36.2 Å². The van der Waals surface area contributed by atoms with E-state index in [4.69, 9.17) is 5.11 Å². The summed E-state index contributed by atoms with van der Waals surface area (Å²) in [5.41, 5.74) is 0.0586. The number of nitrogens with one attached hydrogen (secondary N) is 1. The highest BCUT2D eigenvalue weighted by Gasteiger charge is 2.34. The summed E-state index contributed by atoms with van der Waals surface area (Å²) >= 11 is 0. The molecule has 0 saturated carbocycles. The van der Waals surface area contributed by atoms with E-state index in [-0.39, 0.29) is 53.6 Å². The van der Waals surface area contributed by atoms with Crippen LogP contribution in [0.4, 0.5) is 25.1 Å². The van der Waals surface area contributed by atoms with E-state index in [0.717, 1.165) is 12.5 Å². The zero-order valence-electron chi connectivity index (χ0n) is 19.7. The van der Waals surface area contributed by atoms with Crippen molar-refractivity contribution in [1.29, 1.82) is 0 Å². The second-order valence-corrected chi connectivity index (χ2v) is 12.6. The molecule has 36 heavy (non-hydrogen) atoms. The van der Waals surface area contributed by atoms with Crippen LogP contribution in [0.2, 0.25) is 0 Å². The Hall–Kier alpha value is -3.20. The van der Waals surface area contributed by atoms with Crippen LogP contribution in [0.25, 0.3) is 0 Å². The predicted molar refractivity (Wildman–Crippen MR) is 128 cm³/mol. The summed E-state index contributed by atoms with van der Waals surface area (Å²) in [6.45, 7) is 1.37. The van der Waals surface area contributed by atoms with E-state index < -0.39 is 49.1 Å². The minimum absolute atomic E-state index is 0.0188. The molecule has 1 saturated heterocycles. The number of alkyl halides is 2. The third-order valence-electron chi connectivity index (χ3n) is 5.41. The van der Waals surface area contributed by atoms with Gasteiger partial charge >= 0.3 is 6.09 Å². The van der Waals surface area contributed by atoms with E-state index in [0.29, 0.717) is 0 Å². The molecule has 1 aromatic heterocycles. The van der Waals surface area contributed by atoms with Gasteiger partial charge in [-0.15, -0.1) is 4.36 Å². The summed E-state index contributed by atoms with van der Waals surface area (Å²) in [7, 11) is -7.17. The Morgan fingerprint density at radius 1 is 1.14 bits per heavy atom. The van der Waals surface area contributed by atoms with Crippen LogP contribution in [-0.4, -0.2) is 71.2 Å². The van der Waals surface area contributed by atoms with Gasteiger partial charge in [0, 0.05) is 49.0 Å². The highest BCUT2D eigenvalue weighted by atomic mass is 32.2. The van der Waals surface area contributed by atoms with Crippen molar-refractivity contribution in [2.24, 2.45) is 4.36 Å². The molecule has 1 unspecified atom stereocenters. The second-order valence-electron chi connectivity index (χ2n) is 8.42. The van der Waals surface area contributed by atoms with E-state index in [9.17, 15) is 31.0 Å². The first-order valence-electron chi connectivity index (χ1n) is 10.7. The molecule has 0 radical (unpaired) electrons. The number of hydrogen-bond donors (Lipinski definition) is 2. The Bertz CT molecular complexity index is 1440. The number of anilines is 2. The Morgan fingerprint density at radius 2 is 1.83 bits per heavy atom. The Labute approximate surface area is 207 Å². The first kappa shape index (κ1) is 27.4. The van der Waals surface area contributed by atoms with E-state index in [1.165, 1.54) is 36.1 Å². The molecule has 0 bridgehead atoms. The molecule has 196 valence electrons. The third-order valence-corrected chi connectivity index (χ3v) is 7.89. The van der Waals surface area contributed by atoms with Crippen molar-refractivity contribution in [2.45, 2.75) is 42.2 Å². The van der Waals surface area contributed by atoms with Gasteiger partial charge in [0.2, 0.25) is 20.9 Å². The van der Waals surface area contributed by atoms with Crippen molar-refractivity contribution in [3.63, 3.8) is 0 Å². The fourth-order valence-electron chi connectivity index (χ4n) is 3.67. The molecule has 11 nitrogen and oxygen atoms in total. The number of carbonyl (C=O) groups excluding carboxylic acids is 1. The van der Waals surface area contributed by atoms with Crippen molar-refractivity contribution in [3.05, 3.63) is 35.5 Å². The zero-order valence-corrected chi connectivity index (χ0v) is 21.3. The molecule has 1 aliphatic heterocycles. The number of hydrogen-bond acceptors (Lipinski definition) is 8. The van der Waals surface area contributed by atoms with Crippen molar-refractivity contribution < 1.29 is 36.1 Å². The summed E-state index contributed by atoms with van der Waals surface area (Å²) in [6.07, 6.45) is -0.312. The minimum Gasteiger partial charge on any atom is -0.463 e. The molecule has 15 heteroatoms. The number of aryl methyl sites for hydroxylation is 1. The molecule has 1 aromatic carbocycles. The van der Waals surface area contributed by atoms with Crippen LogP contribution < -0.4 is 10.2 Å². The van der Waals surface area contributed by atoms with Crippen molar-refractivity contribution >= 4 is 43.1 Å². The Kier molecular flexibility index (Phi) is 7.64. The maximum absolute atomic E-state index is 14.0. The lowest BCUT2D eigenvalue weighted by Gasteiger charge is -2.25. The predicted octanol–water partition coefficient (Wildman–Crippen LogP) is 3.20. The fourth-order valence-corrected chi connectivity index (χ4v) is 5.31. The van der Waals surface area contributed by atoms with Gasteiger partial charge in [0.05, 0.1) is 15.4 Å². The van der Waals surface area contributed by atoms with Crippen LogP contribution in [0, 0.1) is 6.92 Å². The first-order valence-corrected chi connectivity index (χ1v) is 14.5. The number of aromatic nitrogens is 2. The smallest absolute Gasteiger partial charge is 0.439 e. The molecule has 0 aliphatic carbocycles. The number of halogens is 2. The molecule has 2 N–H and O–H groups in total. The lowest BCUT2D eigenvalue weighted by atomic mass is 10.1. The summed E-state index contributed by atoms with van der Waals surface area (Å²) in [6, 6.07) is 5.59. The number of carboxylic acid groups (broad SMARTS) is 1. The molecule has 2 amide bonds. The van der Waals surface area contributed by atoms with E-state index in [2.05, 4.69) is 19.6 Å². The molecule has 1 atom stereocenters. The van der Waals surface area contributed by atoms with E-state index >= 15 is 0 Å². The SMILES string of the molecule is Cc1nc(S(C)(=O)=O)nc(N2CCCC(F)(F)CC2)c1C(=O)Nc1cccc(S(C)(=O)=NC(=O)O)c1. The molecule has 2 aromatic rings. The molecular formula is C21H25F2N5O6S2. The summed E-state index contributed by atoms with van der Waals surface area (Å²) in [5, 5.41) is 10.9. The normalized spacial score (nSPS) is 17.5. The van der Waals surface area contributed by atoms with Crippen LogP contribution in [0.3, 0.4) is 0 Å². The van der Waals surface area contributed by atoms with Gasteiger partial charge in [-0.05, 0) is 31.5 Å².